The van der Waals surface area contributed by atoms with Gasteiger partial charge in [-0.3, -0.25) is 4.79 Å². The Balaban J connectivity index is 2.38. The number of amides is 2. The van der Waals surface area contributed by atoms with Gasteiger partial charge in [-0.2, -0.15) is 4.98 Å². The van der Waals surface area contributed by atoms with E-state index in [0.717, 1.165) is 0 Å². The number of hydrogen-bond acceptors (Lipinski definition) is 5. The molecule has 0 spiro atoms. The van der Waals surface area contributed by atoms with E-state index in [4.69, 9.17) is 5.11 Å². The van der Waals surface area contributed by atoms with E-state index in [9.17, 15) is 9.59 Å². The zero-order valence-corrected chi connectivity index (χ0v) is 11.0. The summed E-state index contributed by atoms with van der Waals surface area (Å²) in [5, 5.41) is 15.0. The first kappa shape index (κ1) is 14.9. The number of carbonyl (C=O) groups excluding carboxylic acids is 1. The molecule has 0 aliphatic rings. The SMILES string of the molecule is CCN(C(=O)NCCc1ncon1)C(C)CC(=O)O. The van der Waals surface area contributed by atoms with Crippen LogP contribution in [0.5, 0.6) is 0 Å². The highest BCUT2D eigenvalue weighted by atomic mass is 16.5. The molecule has 2 amide bonds. The van der Waals surface area contributed by atoms with Crippen molar-refractivity contribution in [1.29, 1.82) is 0 Å². The summed E-state index contributed by atoms with van der Waals surface area (Å²) in [5.41, 5.74) is 0. The van der Waals surface area contributed by atoms with Gasteiger partial charge in [0.25, 0.3) is 0 Å². The highest BCUT2D eigenvalue weighted by Crippen LogP contribution is 2.04. The fraction of sp³-hybridized carbons (Fsp3) is 0.636. The maximum Gasteiger partial charge on any atom is 0.317 e. The lowest BCUT2D eigenvalue weighted by Gasteiger charge is -2.27. The molecule has 0 fully saturated rings. The Morgan fingerprint density at radius 3 is 2.84 bits per heavy atom. The van der Waals surface area contributed by atoms with E-state index < -0.39 is 5.97 Å². The molecule has 1 rings (SSSR count). The van der Waals surface area contributed by atoms with Crippen molar-refractivity contribution in [1.82, 2.24) is 20.4 Å². The van der Waals surface area contributed by atoms with E-state index in [2.05, 4.69) is 20.0 Å². The van der Waals surface area contributed by atoms with Crippen LogP contribution >= 0.6 is 0 Å². The van der Waals surface area contributed by atoms with Crippen LogP contribution in [0.4, 0.5) is 4.79 Å². The third-order valence-corrected chi connectivity index (χ3v) is 2.64. The Kier molecular flexibility index (Phi) is 5.77. The monoisotopic (exact) mass is 270 g/mol. The molecule has 2 N–H and O–H groups in total. The number of aliphatic carboxylic acids is 1. The van der Waals surface area contributed by atoms with Gasteiger partial charge in [0.15, 0.2) is 5.82 Å². The van der Waals surface area contributed by atoms with E-state index in [1.807, 2.05) is 0 Å². The summed E-state index contributed by atoms with van der Waals surface area (Å²) in [4.78, 5) is 27.8. The van der Waals surface area contributed by atoms with Crippen LogP contribution in [0.2, 0.25) is 0 Å². The fourth-order valence-corrected chi connectivity index (χ4v) is 1.70. The van der Waals surface area contributed by atoms with Crippen molar-refractivity contribution in [2.45, 2.75) is 32.7 Å². The number of carbonyl (C=O) groups is 2. The smallest absolute Gasteiger partial charge is 0.317 e. The minimum Gasteiger partial charge on any atom is -0.481 e. The van der Waals surface area contributed by atoms with Crippen LogP contribution in [0, 0.1) is 0 Å². The average Bonchev–Trinajstić information content (AvgIpc) is 2.82. The van der Waals surface area contributed by atoms with E-state index in [1.165, 1.54) is 11.3 Å². The minimum absolute atomic E-state index is 0.0773. The first-order chi connectivity index (χ1) is 9.04. The Morgan fingerprint density at radius 1 is 1.58 bits per heavy atom. The van der Waals surface area contributed by atoms with E-state index in [-0.39, 0.29) is 18.5 Å². The predicted octanol–water partition coefficient (Wildman–Crippen LogP) is 0.507. The zero-order chi connectivity index (χ0) is 14.3. The van der Waals surface area contributed by atoms with Gasteiger partial charge >= 0.3 is 12.0 Å². The molecule has 0 radical (unpaired) electrons. The number of rotatable bonds is 7. The molecule has 8 heteroatoms. The first-order valence-corrected chi connectivity index (χ1v) is 6.06. The molecule has 1 aromatic heterocycles. The standard InChI is InChI=1S/C11H18N4O4/c1-3-15(8(2)6-10(16)17)11(18)12-5-4-9-13-7-19-14-9/h7-8H,3-6H2,1-2H3,(H,12,18)(H,16,17). The molecular formula is C11H18N4O4. The van der Waals surface area contributed by atoms with Gasteiger partial charge in [-0.25, -0.2) is 4.79 Å². The number of carboxylic acid groups (broad SMARTS) is 1. The fourth-order valence-electron chi connectivity index (χ4n) is 1.70. The molecule has 0 bridgehead atoms. The summed E-state index contributed by atoms with van der Waals surface area (Å²) in [6.45, 7) is 4.32. The van der Waals surface area contributed by atoms with E-state index >= 15 is 0 Å². The van der Waals surface area contributed by atoms with Gasteiger partial charge in [-0.1, -0.05) is 5.16 Å². The van der Waals surface area contributed by atoms with Gasteiger partial charge in [0.1, 0.15) is 0 Å². The molecule has 106 valence electrons. The quantitative estimate of drug-likeness (QED) is 0.747. The molecule has 19 heavy (non-hydrogen) atoms. The number of hydrogen-bond donors (Lipinski definition) is 2. The second-order valence-corrected chi connectivity index (χ2v) is 4.06. The van der Waals surface area contributed by atoms with Gasteiger partial charge in [0.2, 0.25) is 6.39 Å². The van der Waals surface area contributed by atoms with Crippen LogP contribution in [0.1, 0.15) is 26.1 Å². The summed E-state index contributed by atoms with van der Waals surface area (Å²) in [6.07, 6.45) is 1.61. The van der Waals surface area contributed by atoms with Crippen molar-refractivity contribution in [2.24, 2.45) is 0 Å². The summed E-state index contributed by atoms with van der Waals surface area (Å²) >= 11 is 0. The van der Waals surface area contributed by atoms with E-state index in [1.54, 1.807) is 13.8 Å². The topological polar surface area (TPSA) is 109 Å². The first-order valence-electron chi connectivity index (χ1n) is 6.06. The zero-order valence-electron chi connectivity index (χ0n) is 11.0. The molecule has 0 aliphatic carbocycles. The van der Waals surface area contributed by atoms with Crippen molar-refractivity contribution in [3.8, 4) is 0 Å². The van der Waals surface area contributed by atoms with Crippen molar-refractivity contribution in [3.05, 3.63) is 12.2 Å². The van der Waals surface area contributed by atoms with Crippen molar-refractivity contribution in [2.75, 3.05) is 13.1 Å². The van der Waals surface area contributed by atoms with Crippen LogP contribution in [0.3, 0.4) is 0 Å². The van der Waals surface area contributed by atoms with Gasteiger partial charge < -0.3 is 19.8 Å². The van der Waals surface area contributed by atoms with Crippen LogP contribution in [0.25, 0.3) is 0 Å². The molecule has 0 aliphatic heterocycles. The van der Waals surface area contributed by atoms with Crippen molar-refractivity contribution < 1.29 is 19.2 Å². The van der Waals surface area contributed by atoms with Crippen LogP contribution in [-0.4, -0.2) is 51.3 Å². The lowest BCUT2D eigenvalue weighted by atomic mass is 10.2. The second-order valence-electron chi connectivity index (χ2n) is 4.06. The number of urea groups is 1. The van der Waals surface area contributed by atoms with Crippen LogP contribution in [-0.2, 0) is 11.2 Å². The molecule has 0 saturated heterocycles. The molecule has 1 heterocycles. The second kappa shape index (κ2) is 7.34. The summed E-state index contributed by atoms with van der Waals surface area (Å²) < 4.78 is 4.57. The largest absolute Gasteiger partial charge is 0.481 e. The lowest BCUT2D eigenvalue weighted by molar-refractivity contribution is -0.138. The normalized spacial score (nSPS) is 11.9. The van der Waals surface area contributed by atoms with Gasteiger partial charge in [-0.15, -0.1) is 0 Å². The van der Waals surface area contributed by atoms with Crippen LogP contribution in [0.15, 0.2) is 10.9 Å². The summed E-state index contributed by atoms with van der Waals surface area (Å²) in [6, 6.07) is -0.646. The average molecular weight is 270 g/mol. The van der Waals surface area contributed by atoms with Gasteiger partial charge in [0.05, 0.1) is 6.42 Å². The predicted molar refractivity (Wildman–Crippen MR) is 65.5 cm³/mol. The third-order valence-electron chi connectivity index (χ3n) is 2.64. The summed E-state index contributed by atoms with van der Waals surface area (Å²) in [5.74, 6) is -0.410. The molecule has 1 atom stereocenters. The third kappa shape index (κ3) is 4.94. The summed E-state index contributed by atoms with van der Waals surface area (Å²) in [7, 11) is 0. The number of carboxylic acids is 1. The minimum atomic E-state index is -0.925. The highest BCUT2D eigenvalue weighted by molar-refractivity contribution is 5.75. The Labute approximate surface area is 110 Å². The van der Waals surface area contributed by atoms with E-state index in [0.29, 0.717) is 25.3 Å². The Bertz CT molecular complexity index is 407. The van der Waals surface area contributed by atoms with Gasteiger partial charge in [-0.05, 0) is 13.8 Å². The maximum absolute atomic E-state index is 11.9. The highest BCUT2D eigenvalue weighted by Gasteiger charge is 2.20. The van der Waals surface area contributed by atoms with Crippen molar-refractivity contribution >= 4 is 12.0 Å². The molecule has 1 aromatic rings. The molecule has 8 nitrogen and oxygen atoms in total. The Morgan fingerprint density at radius 2 is 2.32 bits per heavy atom. The molecule has 0 saturated carbocycles. The number of nitrogens with one attached hydrogen (secondary N) is 1. The van der Waals surface area contributed by atoms with Gasteiger partial charge in [0, 0.05) is 25.6 Å². The maximum atomic E-state index is 11.9. The van der Waals surface area contributed by atoms with Crippen molar-refractivity contribution in [3.63, 3.8) is 0 Å². The van der Waals surface area contributed by atoms with Crippen LogP contribution < -0.4 is 5.32 Å². The Hall–Kier alpha value is -2.12. The number of nitrogens with zero attached hydrogens (tertiary/aromatic N) is 3. The molecule has 1 unspecified atom stereocenters. The lowest BCUT2D eigenvalue weighted by Crippen LogP contribution is -2.46. The number of aromatic nitrogens is 2. The molecular weight excluding hydrogens is 252 g/mol. The molecule has 0 aromatic carbocycles.